The molecule has 0 aromatic carbocycles. The fourth-order valence-corrected chi connectivity index (χ4v) is 2.02. The van der Waals surface area contributed by atoms with Crippen LogP contribution in [-0.2, 0) is 11.3 Å². The van der Waals surface area contributed by atoms with Gasteiger partial charge in [0, 0.05) is 11.9 Å². The number of nitrogens with zero attached hydrogens (tertiary/aromatic N) is 3. The summed E-state index contributed by atoms with van der Waals surface area (Å²) < 4.78 is 1.54. The van der Waals surface area contributed by atoms with Crippen LogP contribution in [0.15, 0.2) is 18.3 Å². The number of halogens is 2. The summed E-state index contributed by atoms with van der Waals surface area (Å²) in [7, 11) is 0. The molecule has 7 nitrogen and oxygen atoms in total. The summed E-state index contributed by atoms with van der Waals surface area (Å²) >= 11 is 11.4. The second-order valence-electron chi connectivity index (χ2n) is 4.58. The molecule has 0 saturated carbocycles. The molecule has 9 heteroatoms. The third kappa shape index (κ3) is 3.96. The zero-order valence-electron chi connectivity index (χ0n) is 11.9. The van der Waals surface area contributed by atoms with E-state index < -0.39 is 11.8 Å². The molecule has 0 radical (unpaired) electrons. The number of pyridine rings is 1. The third-order valence-corrected chi connectivity index (χ3v) is 3.46. The SMILES string of the molecule is Cc1cc(C)n(CC(=O)NNC(=O)c2cnc(Cl)c(Cl)c2)n1. The minimum absolute atomic E-state index is 0.000419. The van der Waals surface area contributed by atoms with Crippen LogP contribution in [0.2, 0.25) is 10.2 Å². The molecule has 2 rings (SSSR count). The van der Waals surface area contributed by atoms with Crippen LogP contribution in [0.1, 0.15) is 21.7 Å². The number of carbonyl (C=O) groups excluding carboxylic acids is 2. The van der Waals surface area contributed by atoms with Crippen molar-refractivity contribution in [1.29, 1.82) is 0 Å². The molecular formula is C13H13Cl2N5O2. The molecule has 2 aromatic rings. The van der Waals surface area contributed by atoms with Gasteiger partial charge in [0.05, 0.1) is 16.3 Å². The molecule has 0 unspecified atom stereocenters. The van der Waals surface area contributed by atoms with Crippen LogP contribution in [0, 0.1) is 13.8 Å². The molecule has 0 fully saturated rings. The molecule has 0 spiro atoms. The normalized spacial score (nSPS) is 10.4. The van der Waals surface area contributed by atoms with Gasteiger partial charge in [-0.2, -0.15) is 5.10 Å². The van der Waals surface area contributed by atoms with Crippen molar-refractivity contribution in [3.05, 3.63) is 45.5 Å². The van der Waals surface area contributed by atoms with E-state index in [1.807, 2.05) is 19.9 Å². The van der Waals surface area contributed by atoms with Gasteiger partial charge in [-0.3, -0.25) is 25.1 Å². The van der Waals surface area contributed by atoms with Crippen molar-refractivity contribution in [2.45, 2.75) is 20.4 Å². The molecule has 0 aliphatic rings. The molecule has 2 N–H and O–H groups in total. The predicted octanol–water partition coefficient (Wildman–Crippen LogP) is 1.66. The average molecular weight is 342 g/mol. The van der Waals surface area contributed by atoms with Gasteiger partial charge in [-0.15, -0.1) is 0 Å². The van der Waals surface area contributed by atoms with Crippen LogP contribution in [0.25, 0.3) is 0 Å². The van der Waals surface area contributed by atoms with Gasteiger partial charge in [0.15, 0.2) is 0 Å². The van der Waals surface area contributed by atoms with E-state index in [-0.39, 0.29) is 22.3 Å². The summed E-state index contributed by atoms with van der Waals surface area (Å²) in [4.78, 5) is 27.4. The monoisotopic (exact) mass is 341 g/mol. The summed E-state index contributed by atoms with van der Waals surface area (Å²) in [5.41, 5.74) is 6.42. The van der Waals surface area contributed by atoms with Gasteiger partial charge in [-0.05, 0) is 26.0 Å². The maximum absolute atomic E-state index is 11.8. The molecule has 22 heavy (non-hydrogen) atoms. The van der Waals surface area contributed by atoms with Gasteiger partial charge < -0.3 is 0 Å². The van der Waals surface area contributed by atoms with Crippen molar-refractivity contribution in [3.8, 4) is 0 Å². The maximum atomic E-state index is 11.8. The van der Waals surface area contributed by atoms with Crippen molar-refractivity contribution < 1.29 is 9.59 Å². The van der Waals surface area contributed by atoms with Crippen molar-refractivity contribution in [2.24, 2.45) is 0 Å². The number of aryl methyl sites for hydroxylation is 2. The van der Waals surface area contributed by atoms with Gasteiger partial charge in [-0.1, -0.05) is 23.2 Å². The second-order valence-corrected chi connectivity index (χ2v) is 5.35. The lowest BCUT2D eigenvalue weighted by Gasteiger charge is -2.08. The average Bonchev–Trinajstić information content (AvgIpc) is 2.77. The highest BCUT2D eigenvalue weighted by atomic mass is 35.5. The summed E-state index contributed by atoms with van der Waals surface area (Å²) in [6.07, 6.45) is 1.26. The Hall–Kier alpha value is -2.12. The third-order valence-electron chi connectivity index (χ3n) is 2.77. The lowest BCUT2D eigenvalue weighted by Crippen LogP contribution is -2.43. The zero-order chi connectivity index (χ0) is 16.3. The Labute approximate surface area is 136 Å². The predicted molar refractivity (Wildman–Crippen MR) is 81.6 cm³/mol. The number of amides is 2. The Kier molecular flexibility index (Phi) is 4.99. The highest BCUT2D eigenvalue weighted by Crippen LogP contribution is 2.19. The van der Waals surface area contributed by atoms with Gasteiger partial charge in [-0.25, -0.2) is 4.98 Å². The van der Waals surface area contributed by atoms with Crippen LogP contribution >= 0.6 is 23.2 Å². The Morgan fingerprint density at radius 3 is 2.55 bits per heavy atom. The molecular weight excluding hydrogens is 329 g/mol. The van der Waals surface area contributed by atoms with E-state index in [0.29, 0.717) is 0 Å². The fraction of sp³-hybridized carbons (Fsp3) is 0.231. The van der Waals surface area contributed by atoms with E-state index in [1.54, 1.807) is 0 Å². The van der Waals surface area contributed by atoms with E-state index in [0.717, 1.165) is 11.4 Å². The molecule has 0 atom stereocenters. The lowest BCUT2D eigenvalue weighted by molar-refractivity contribution is -0.122. The van der Waals surface area contributed by atoms with Gasteiger partial charge in [0.1, 0.15) is 11.7 Å². The van der Waals surface area contributed by atoms with Crippen LogP contribution in [0.3, 0.4) is 0 Å². The summed E-state index contributed by atoms with van der Waals surface area (Å²) in [6.45, 7) is 3.67. The molecule has 0 aliphatic heterocycles. The quantitative estimate of drug-likeness (QED) is 0.656. The number of aromatic nitrogens is 3. The largest absolute Gasteiger partial charge is 0.271 e. The summed E-state index contributed by atoms with van der Waals surface area (Å²) in [5.74, 6) is -0.958. The minimum Gasteiger partial charge on any atom is -0.271 e. The second kappa shape index (κ2) is 6.76. The fourth-order valence-electron chi connectivity index (χ4n) is 1.75. The van der Waals surface area contributed by atoms with Crippen LogP contribution < -0.4 is 10.9 Å². The molecule has 0 bridgehead atoms. The summed E-state index contributed by atoms with van der Waals surface area (Å²) in [6, 6.07) is 3.21. The van der Waals surface area contributed by atoms with Crippen LogP contribution in [-0.4, -0.2) is 26.6 Å². The van der Waals surface area contributed by atoms with E-state index in [2.05, 4.69) is 20.9 Å². The number of carbonyl (C=O) groups is 2. The van der Waals surface area contributed by atoms with E-state index in [9.17, 15) is 9.59 Å². The van der Waals surface area contributed by atoms with Gasteiger partial charge in [0.2, 0.25) is 0 Å². The lowest BCUT2D eigenvalue weighted by atomic mass is 10.3. The smallest absolute Gasteiger partial charge is 0.271 e. The van der Waals surface area contributed by atoms with Gasteiger partial charge >= 0.3 is 0 Å². The van der Waals surface area contributed by atoms with E-state index in [4.69, 9.17) is 23.2 Å². The Morgan fingerprint density at radius 1 is 1.23 bits per heavy atom. The highest BCUT2D eigenvalue weighted by Gasteiger charge is 2.11. The Balaban J connectivity index is 1.91. The first-order chi connectivity index (χ1) is 10.4. The first kappa shape index (κ1) is 16.3. The summed E-state index contributed by atoms with van der Waals surface area (Å²) in [5, 5.41) is 4.42. The van der Waals surface area contributed by atoms with Crippen molar-refractivity contribution >= 4 is 35.0 Å². The van der Waals surface area contributed by atoms with Crippen LogP contribution in [0.5, 0.6) is 0 Å². The molecule has 2 heterocycles. The number of hydrazine groups is 1. The minimum atomic E-state index is -0.548. The Morgan fingerprint density at radius 2 is 1.95 bits per heavy atom. The number of hydrogen-bond donors (Lipinski definition) is 2. The van der Waals surface area contributed by atoms with Crippen molar-refractivity contribution in [3.63, 3.8) is 0 Å². The first-order valence-corrected chi connectivity index (χ1v) is 7.03. The first-order valence-electron chi connectivity index (χ1n) is 6.28. The number of rotatable bonds is 3. The molecule has 2 amide bonds. The molecule has 116 valence electrons. The maximum Gasteiger partial charge on any atom is 0.271 e. The molecule has 2 aromatic heterocycles. The Bertz CT molecular complexity index is 729. The zero-order valence-corrected chi connectivity index (χ0v) is 13.4. The van der Waals surface area contributed by atoms with Crippen LogP contribution in [0.4, 0.5) is 0 Å². The number of hydrogen-bond acceptors (Lipinski definition) is 4. The van der Waals surface area contributed by atoms with Crippen molar-refractivity contribution in [1.82, 2.24) is 25.6 Å². The van der Waals surface area contributed by atoms with E-state index in [1.165, 1.54) is 16.9 Å². The van der Waals surface area contributed by atoms with Gasteiger partial charge in [0.25, 0.3) is 11.8 Å². The number of nitrogens with one attached hydrogen (secondary N) is 2. The highest BCUT2D eigenvalue weighted by molar-refractivity contribution is 6.41. The van der Waals surface area contributed by atoms with E-state index >= 15 is 0 Å². The molecule has 0 saturated heterocycles. The molecule has 0 aliphatic carbocycles. The topological polar surface area (TPSA) is 88.9 Å². The van der Waals surface area contributed by atoms with Crippen molar-refractivity contribution in [2.75, 3.05) is 0 Å². The standard InChI is InChI=1S/C13H13Cl2N5O2/c1-7-3-8(2)20(19-7)6-11(21)17-18-13(22)9-4-10(14)12(15)16-5-9/h3-5H,6H2,1-2H3,(H,17,21)(H,18,22).